The molecule has 0 aliphatic heterocycles. The molecule has 0 saturated carbocycles. The van der Waals surface area contributed by atoms with Crippen molar-refractivity contribution in [3.63, 3.8) is 0 Å². The first-order valence-electron chi connectivity index (χ1n) is 9.64. The number of aryl methyl sites for hydroxylation is 1. The molecular weight excluding hydrogens is 386 g/mol. The Morgan fingerprint density at radius 2 is 1.76 bits per heavy atom. The highest BCUT2D eigenvalue weighted by molar-refractivity contribution is 7.22. The maximum absolute atomic E-state index is 13.0. The number of ether oxygens (including phenoxy) is 2. The molecule has 0 spiro atoms. The van der Waals surface area contributed by atoms with Gasteiger partial charge in [-0.05, 0) is 58.3 Å². The van der Waals surface area contributed by atoms with Crippen LogP contribution >= 0.6 is 11.3 Å². The molecular formula is C22H27N3O3S. The highest BCUT2D eigenvalue weighted by Crippen LogP contribution is 2.31. The van der Waals surface area contributed by atoms with Crippen molar-refractivity contribution in [1.82, 2.24) is 9.88 Å². The Balaban J connectivity index is 1.78. The van der Waals surface area contributed by atoms with Gasteiger partial charge in [-0.15, -0.1) is 0 Å². The predicted molar refractivity (Wildman–Crippen MR) is 118 cm³/mol. The van der Waals surface area contributed by atoms with E-state index in [9.17, 15) is 4.79 Å². The predicted octanol–water partition coefficient (Wildman–Crippen LogP) is 3.98. The fraction of sp³-hybridized carbons (Fsp3) is 0.364. The smallest absolute Gasteiger partial charge is 0.266 e. The second-order valence-electron chi connectivity index (χ2n) is 7.01. The van der Waals surface area contributed by atoms with Gasteiger partial charge in [0, 0.05) is 13.1 Å². The van der Waals surface area contributed by atoms with E-state index in [1.54, 1.807) is 4.90 Å². The molecule has 0 N–H and O–H groups in total. The van der Waals surface area contributed by atoms with Crippen molar-refractivity contribution >= 4 is 32.6 Å². The van der Waals surface area contributed by atoms with Crippen LogP contribution in [0, 0.1) is 6.92 Å². The summed E-state index contributed by atoms with van der Waals surface area (Å²) in [6.07, 6.45) is 0. The quantitative estimate of drug-likeness (QED) is 0.531. The Labute approximate surface area is 175 Å². The van der Waals surface area contributed by atoms with Gasteiger partial charge in [0.05, 0.1) is 16.8 Å². The van der Waals surface area contributed by atoms with Crippen molar-refractivity contribution in [2.75, 3.05) is 45.3 Å². The first-order chi connectivity index (χ1) is 14.0. The van der Waals surface area contributed by atoms with Gasteiger partial charge in [-0.3, -0.25) is 9.69 Å². The van der Waals surface area contributed by atoms with E-state index in [0.29, 0.717) is 24.0 Å². The molecule has 0 atom stereocenters. The van der Waals surface area contributed by atoms with Crippen LogP contribution < -0.4 is 14.4 Å². The van der Waals surface area contributed by atoms with Crippen molar-refractivity contribution in [3.8, 4) is 11.5 Å². The van der Waals surface area contributed by atoms with Crippen LogP contribution in [0.3, 0.4) is 0 Å². The number of hydrogen-bond donors (Lipinski definition) is 0. The lowest BCUT2D eigenvalue weighted by atomic mass is 10.2. The molecule has 29 heavy (non-hydrogen) atoms. The summed E-state index contributed by atoms with van der Waals surface area (Å²) in [7, 11) is 3.97. The summed E-state index contributed by atoms with van der Waals surface area (Å²) in [4.78, 5) is 21.4. The minimum atomic E-state index is -0.114. The molecule has 0 aliphatic carbocycles. The second-order valence-corrected chi connectivity index (χ2v) is 8.02. The number of thiazole rings is 1. The molecule has 3 aromatic rings. The zero-order valence-corrected chi connectivity index (χ0v) is 18.2. The molecule has 0 bridgehead atoms. The largest absolute Gasteiger partial charge is 0.494 e. The van der Waals surface area contributed by atoms with Gasteiger partial charge in [-0.25, -0.2) is 4.98 Å². The van der Waals surface area contributed by atoms with Crippen molar-refractivity contribution in [1.29, 1.82) is 0 Å². The number of likely N-dealkylation sites (N-methyl/N-ethyl adjacent to an activating group) is 1. The standard InChI is InChI=1S/C22H27N3O3S/c1-5-27-18-10-11-19-20(14-18)29-22(23-19)25(13-12-24(3)4)21(26)15-28-17-8-6-16(2)7-9-17/h6-11,14H,5,12-13,15H2,1-4H3. The number of carbonyl (C=O) groups is 1. The number of anilines is 1. The van der Waals surface area contributed by atoms with E-state index < -0.39 is 0 Å². The number of benzene rings is 2. The number of hydrogen-bond acceptors (Lipinski definition) is 6. The lowest BCUT2D eigenvalue weighted by Crippen LogP contribution is -2.39. The third kappa shape index (κ3) is 5.68. The van der Waals surface area contributed by atoms with Crippen molar-refractivity contribution < 1.29 is 14.3 Å². The molecule has 1 aromatic heterocycles. The molecule has 3 rings (SSSR count). The van der Waals surface area contributed by atoms with Crippen molar-refractivity contribution in [2.45, 2.75) is 13.8 Å². The van der Waals surface area contributed by atoms with Crippen LogP contribution in [-0.4, -0.2) is 56.2 Å². The molecule has 0 radical (unpaired) electrons. The summed E-state index contributed by atoms with van der Waals surface area (Å²) < 4.78 is 12.3. The summed E-state index contributed by atoms with van der Waals surface area (Å²) >= 11 is 1.49. The fourth-order valence-corrected chi connectivity index (χ4v) is 3.79. The average molecular weight is 414 g/mol. The van der Waals surface area contributed by atoms with Crippen LogP contribution in [0.25, 0.3) is 10.2 Å². The van der Waals surface area contributed by atoms with Crippen molar-refractivity contribution in [3.05, 3.63) is 48.0 Å². The lowest BCUT2D eigenvalue weighted by Gasteiger charge is -2.22. The van der Waals surface area contributed by atoms with E-state index >= 15 is 0 Å². The first kappa shape index (κ1) is 21.1. The van der Waals surface area contributed by atoms with Gasteiger partial charge in [0.25, 0.3) is 5.91 Å². The highest BCUT2D eigenvalue weighted by Gasteiger charge is 2.20. The summed E-state index contributed by atoms with van der Waals surface area (Å²) in [6, 6.07) is 13.5. The van der Waals surface area contributed by atoms with Gasteiger partial charge in [-0.2, -0.15) is 0 Å². The van der Waals surface area contributed by atoms with Crippen LogP contribution in [0.1, 0.15) is 12.5 Å². The fourth-order valence-electron chi connectivity index (χ4n) is 2.75. The Bertz CT molecular complexity index is 954. The molecule has 6 nitrogen and oxygen atoms in total. The van der Waals surface area contributed by atoms with Gasteiger partial charge < -0.3 is 14.4 Å². The van der Waals surface area contributed by atoms with E-state index in [-0.39, 0.29) is 12.5 Å². The number of carbonyl (C=O) groups excluding carboxylic acids is 1. The zero-order chi connectivity index (χ0) is 20.8. The van der Waals surface area contributed by atoms with Crippen LogP contribution in [0.4, 0.5) is 5.13 Å². The van der Waals surface area contributed by atoms with Gasteiger partial charge in [-0.1, -0.05) is 29.0 Å². The van der Waals surface area contributed by atoms with Crippen LogP contribution in [0.15, 0.2) is 42.5 Å². The normalized spacial score (nSPS) is 11.1. The maximum atomic E-state index is 13.0. The molecule has 0 unspecified atom stereocenters. The molecule has 0 aliphatic rings. The molecule has 1 amide bonds. The maximum Gasteiger partial charge on any atom is 0.266 e. The third-order valence-corrected chi connectivity index (χ3v) is 5.39. The van der Waals surface area contributed by atoms with Gasteiger partial charge in [0.15, 0.2) is 11.7 Å². The van der Waals surface area contributed by atoms with Crippen LogP contribution in [-0.2, 0) is 4.79 Å². The molecule has 7 heteroatoms. The van der Waals surface area contributed by atoms with E-state index in [0.717, 1.165) is 28.1 Å². The van der Waals surface area contributed by atoms with E-state index in [4.69, 9.17) is 9.47 Å². The number of fused-ring (bicyclic) bond motifs is 1. The van der Waals surface area contributed by atoms with Crippen LogP contribution in [0.5, 0.6) is 11.5 Å². The number of amides is 1. The summed E-state index contributed by atoms with van der Waals surface area (Å²) in [5.41, 5.74) is 2.01. The van der Waals surface area contributed by atoms with Crippen LogP contribution in [0.2, 0.25) is 0 Å². The molecule has 0 saturated heterocycles. The highest BCUT2D eigenvalue weighted by atomic mass is 32.1. The minimum absolute atomic E-state index is 0.0311. The summed E-state index contributed by atoms with van der Waals surface area (Å²) in [5.74, 6) is 1.38. The van der Waals surface area contributed by atoms with E-state index in [1.807, 2.05) is 75.3 Å². The number of aromatic nitrogens is 1. The molecule has 154 valence electrons. The van der Waals surface area contributed by atoms with E-state index in [2.05, 4.69) is 4.98 Å². The Morgan fingerprint density at radius 3 is 2.45 bits per heavy atom. The first-order valence-corrected chi connectivity index (χ1v) is 10.5. The average Bonchev–Trinajstić information content (AvgIpc) is 3.10. The Hall–Kier alpha value is -2.64. The Kier molecular flexibility index (Phi) is 7.06. The van der Waals surface area contributed by atoms with Gasteiger partial charge >= 0.3 is 0 Å². The monoisotopic (exact) mass is 413 g/mol. The summed E-state index contributed by atoms with van der Waals surface area (Å²) in [5, 5.41) is 0.674. The number of rotatable bonds is 9. The molecule has 1 heterocycles. The Morgan fingerprint density at radius 1 is 1.03 bits per heavy atom. The second kappa shape index (κ2) is 9.71. The topological polar surface area (TPSA) is 54.9 Å². The van der Waals surface area contributed by atoms with Gasteiger partial charge in [0.2, 0.25) is 0 Å². The SMILES string of the molecule is CCOc1ccc2nc(N(CCN(C)C)C(=O)COc3ccc(C)cc3)sc2c1. The minimum Gasteiger partial charge on any atom is -0.494 e. The molecule has 2 aromatic carbocycles. The lowest BCUT2D eigenvalue weighted by molar-refractivity contribution is -0.120. The van der Waals surface area contributed by atoms with E-state index in [1.165, 1.54) is 11.3 Å². The number of nitrogens with zero attached hydrogens (tertiary/aromatic N) is 3. The summed E-state index contributed by atoms with van der Waals surface area (Å²) in [6.45, 7) is 5.83. The zero-order valence-electron chi connectivity index (χ0n) is 17.3. The van der Waals surface area contributed by atoms with Crippen molar-refractivity contribution in [2.24, 2.45) is 0 Å². The third-order valence-electron chi connectivity index (χ3n) is 4.35. The molecule has 0 fully saturated rings. The van der Waals surface area contributed by atoms with Gasteiger partial charge in [0.1, 0.15) is 11.5 Å².